The third-order valence-corrected chi connectivity index (χ3v) is 7.33. The Kier molecular flexibility index (Phi) is 3.93. The van der Waals surface area contributed by atoms with Crippen LogP contribution in [0.4, 0.5) is 4.79 Å². The quantitative estimate of drug-likeness (QED) is 0.708. The fourth-order valence-electron chi connectivity index (χ4n) is 5.57. The maximum absolute atomic E-state index is 13.2. The van der Waals surface area contributed by atoms with Gasteiger partial charge in [0, 0.05) is 25.0 Å². The van der Waals surface area contributed by atoms with E-state index in [4.69, 9.17) is 4.99 Å². The number of hydrogen-bond acceptors (Lipinski definition) is 5. The summed E-state index contributed by atoms with van der Waals surface area (Å²) >= 11 is 0. The summed E-state index contributed by atoms with van der Waals surface area (Å²) in [7, 11) is 0. The second-order valence-electron chi connectivity index (χ2n) is 9.00. The zero-order valence-electron chi connectivity index (χ0n) is 16.3. The van der Waals surface area contributed by atoms with Crippen molar-refractivity contribution in [3.05, 3.63) is 11.5 Å². The minimum atomic E-state index is -0.445. The van der Waals surface area contributed by atoms with E-state index >= 15 is 0 Å². The van der Waals surface area contributed by atoms with Gasteiger partial charge in [0.1, 0.15) is 17.4 Å². The van der Waals surface area contributed by atoms with Gasteiger partial charge in [-0.3, -0.25) is 9.80 Å². The molecule has 7 nitrogen and oxygen atoms in total. The minimum absolute atomic E-state index is 0.0475. The number of aliphatic imine (C=N–C) groups is 1. The van der Waals surface area contributed by atoms with E-state index in [2.05, 4.69) is 17.6 Å². The number of urea groups is 1. The third kappa shape index (κ3) is 2.57. The van der Waals surface area contributed by atoms with Gasteiger partial charge in [0.25, 0.3) is 0 Å². The molecule has 27 heavy (non-hydrogen) atoms. The zero-order valence-corrected chi connectivity index (χ0v) is 16.3. The Morgan fingerprint density at radius 1 is 1.19 bits per heavy atom. The summed E-state index contributed by atoms with van der Waals surface area (Å²) in [5, 5.41) is 17.8. The van der Waals surface area contributed by atoms with Gasteiger partial charge in [0.05, 0.1) is 5.60 Å². The maximum Gasteiger partial charge on any atom is 0.327 e. The molecule has 1 unspecified atom stereocenters. The van der Waals surface area contributed by atoms with Crippen molar-refractivity contribution in [1.29, 1.82) is 0 Å². The molecular formula is C20H31N5O2. The molecule has 0 aromatic carbocycles. The lowest BCUT2D eigenvalue weighted by molar-refractivity contribution is -0.0705. The first-order valence-corrected chi connectivity index (χ1v) is 10.7. The normalized spacial score (nSPS) is 38.1. The van der Waals surface area contributed by atoms with E-state index in [-0.39, 0.29) is 17.6 Å². The average Bonchev–Trinajstić information content (AvgIpc) is 2.98. The van der Waals surface area contributed by atoms with Crippen molar-refractivity contribution >= 4 is 11.9 Å². The highest BCUT2D eigenvalue weighted by molar-refractivity contribution is 5.94. The topological polar surface area (TPSA) is 80.2 Å². The molecule has 3 aliphatic heterocycles. The van der Waals surface area contributed by atoms with Crippen LogP contribution in [-0.2, 0) is 0 Å². The van der Waals surface area contributed by atoms with Crippen LogP contribution in [0.2, 0.25) is 0 Å². The highest BCUT2D eigenvalue weighted by Crippen LogP contribution is 2.53. The van der Waals surface area contributed by atoms with Crippen LogP contribution in [0.3, 0.4) is 0 Å². The molecule has 7 heteroatoms. The molecule has 2 amide bonds. The summed E-state index contributed by atoms with van der Waals surface area (Å²) < 4.78 is 0. The number of fused-ring (bicyclic) bond motifs is 5. The molecule has 6 aliphatic rings. The first-order valence-electron chi connectivity index (χ1n) is 10.7. The van der Waals surface area contributed by atoms with Crippen molar-refractivity contribution in [2.75, 3.05) is 19.6 Å². The van der Waals surface area contributed by atoms with Crippen LogP contribution >= 0.6 is 0 Å². The predicted octanol–water partition coefficient (Wildman–Crippen LogP) is 2.10. The Morgan fingerprint density at radius 2 is 1.93 bits per heavy atom. The molecule has 0 aromatic heterocycles. The smallest absolute Gasteiger partial charge is 0.327 e. The van der Waals surface area contributed by atoms with Crippen LogP contribution in [0.25, 0.3) is 0 Å². The minimum Gasteiger partial charge on any atom is -0.390 e. The van der Waals surface area contributed by atoms with Crippen molar-refractivity contribution < 1.29 is 9.90 Å². The Balaban J connectivity index is 1.52. The zero-order chi connectivity index (χ0) is 18.6. The summed E-state index contributed by atoms with van der Waals surface area (Å²) in [6.07, 6.45) is 8.38. The largest absolute Gasteiger partial charge is 0.390 e. The number of amides is 2. The molecule has 2 bridgehead atoms. The Morgan fingerprint density at radius 3 is 2.63 bits per heavy atom. The molecule has 0 aromatic rings. The number of carbonyl (C=O) groups is 1. The molecule has 1 saturated heterocycles. The molecule has 1 atom stereocenters. The number of carbonyl (C=O) groups excluding carboxylic acids is 1. The molecular weight excluding hydrogens is 342 g/mol. The van der Waals surface area contributed by atoms with Gasteiger partial charge in [0.15, 0.2) is 6.17 Å². The van der Waals surface area contributed by atoms with Gasteiger partial charge in [-0.25, -0.2) is 9.79 Å². The lowest BCUT2D eigenvalue weighted by Crippen LogP contribution is -2.56. The molecule has 3 saturated carbocycles. The van der Waals surface area contributed by atoms with Crippen molar-refractivity contribution in [2.45, 2.75) is 76.5 Å². The van der Waals surface area contributed by atoms with E-state index in [1.807, 2.05) is 9.80 Å². The number of rotatable bonds is 3. The van der Waals surface area contributed by atoms with Crippen LogP contribution in [0.15, 0.2) is 16.5 Å². The molecule has 3 aliphatic carbocycles. The van der Waals surface area contributed by atoms with Gasteiger partial charge in [-0.15, -0.1) is 0 Å². The SMILES string of the molecule is CCCN1C(=O)N2CCCCNC2=C2NC(C34CCC(O)(CC3)CC4)=NC21. The first-order chi connectivity index (χ1) is 13.1. The molecule has 3 heterocycles. The van der Waals surface area contributed by atoms with E-state index in [9.17, 15) is 9.90 Å². The van der Waals surface area contributed by atoms with E-state index in [1.165, 1.54) is 0 Å². The summed E-state index contributed by atoms with van der Waals surface area (Å²) in [6.45, 7) is 4.51. The van der Waals surface area contributed by atoms with E-state index in [0.29, 0.717) is 0 Å². The second kappa shape index (κ2) is 6.12. The molecule has 4 fully saturated rings. The first kappa shape index (κ1) is 17.3. The van der Waals surface area contributed by atoms with E-state index < -0.39 is 5.60 Å². The van der Waals surface area contributed by atoms with Crippen LogP contribution in [0.1, 0.15) is 64.7 Å². The van der Waals surface area contributed by atoms with Crippen molar-refractivity contribution in [3.8, 4) is 0 Å². The molecule has 0 radical (unpaired) electrons. The number of aliphatic hydroxyl groups is 1. The Bertz CT molecular complexity index is 691. The number of hydrogen-bond donors (Lipinski definition) is 3. The van der Waals surface area contributed by atoms with E-state index in [1.54, 1.807) is 0 Å². The molecule has 148 valence electrons. The number of amidine groups is 1. The Labute approximate surface area is 160 Å². The van der Waals surface area contributed by atoms with E-state index in [0.717, 1.165) is 94.8 Å². The number of nitrogens with one attached hydrogen (secondary N) is 2. The van der Waals surface area contributed by atoms with Crippen molar-refractivity contribution in [2.24, 2.45) is 10.4 Å². The molecule has 3 N–H and O–H groups in total. The van der Waals surface area contributed by atoms with Gasteiger partial charge in [0.2, 0.25) is 0 Å². The maximum atomic E-state index is 13.2. The monoisotopic (exact) mass is 373 g/mol. The highest BCUT2D eigenvalue weighted by atomic mass is 16.3. The van der Waals surface area contributed by atoms with Gasteiger partial charge in [-0.1, -0.05) is 6.92 Å². The van der Waals surface area contributed by atoms with Gasteiger partial charge < -0.3 is 15.7 Å². The summed E-state index contributed by atoms with van der Waals surface area (Å²) in [5.74, 6) is 1.99. The standard InChI is InChI=1S/C20H31N5O2/c1-2-12-24-16-14(15-21-11-3-4-13-25(15)18(24)26)22-17(23-16)19-5-8-20(27,9-6-19)10-7-19/h16,21,27H,2-13H2,1H3,(H,22,23). The van der Waals surface area contributed by atoms with Gasteiger partial charge in [-0.05, 0) is 57.8 Å². The predicted molar refractivity (Wildman–Crippen MR) is 103 cm³/mol. The second-order valence-corrected chi connectivity index (χ2v) is 9.00. The molecule has 0 spiro atoms. The summed E-state index contributed by atoms with van der Waals surface area (Å²) in [5.41, 5.74) is 0.659. The Hall–Kier alpha value is -1.76. The van der Waals surface area contributed by atoms with Crippen molar-refractivity contribution in [3.63, 3.8) is 0 Å². The van der Waals surface area contributed by atoms with Gasteiger partial charge in [-0.2, -0.15) is 0 Å². The third-order valence-electron chi connectivity index (χ3n) is 7.33. The summed E-state index contributed by atoms with van der Waals surface area (Å²) in [6, 6.07) is 0.0842. The molecule has 6 rings (SSSR count). The fourth-order valence-corrected chi connectivity index (χ4v) is 5.57. The lowest BCUT2D eigenvalue weighted by atomic mass is 9.58. The fraction of sp³-hybridized carbons (Fsp3) is 0.800. The van der Waals surface area contributed by atoms with Crippen molar-refractivity contribution in [1.82, 2.24) is 20.4 Å². The average molecular weight is 374 g/mol. The van der Waals surface area contributed by atoms with Crippen LogP contribution < -0.4 is 10.6 Å². The van der Waals surface area contributed by atoms with Crippen LogP contribution in [0.5, 0.6) is 0 Å². The highest BCUT2D eigenvalue weighted by Gasteiger charge is 2.53. The van der Waals surface area contributed by atoms with Crippen LogP contribution in [-0.4, -0.2) is 58.2 Å². The van der Waals surface area contributed by atoms with Crippen LogP contribution in [0, 0.1) is 5.41 Å². The van der Waals surface area contributed by atoms with Gasteiger partial charge >= 0.3 is 6.03 Å². The number of nitrogens with zero attached hydrogens (tertiary/aromatic N) is 3. The summed E-state index contributed by atoms with van der Waals surface area (Å²) in [4.78, 5) is 22.1. The lowest BCUT2D eigenvalue weighted by Gasteiger charge is -2.50.